The Morgan fingerprint density at radius 2 is 1.82 bits per heavy atom. The van der Waals surface area contributed by atoms with Gasteiger partial charge in [-0.1, -0.05) is 11.6 Å². The van der Waals surface area contributed by atoms with Crippen molar-refractivity contribution < 1.29 is 14.3 Å². The van der Waals surface area contributed by atoms with Crippen molar-refractivity contribution in [3.63, 3.8) is 0 Å². The van der Waals surface area contributed by atoms with E-state index < -0.39 is 6.04 Å². The van der Waals surface area contributed by atoms with Crippen molar-refractivity contribution in [1.82, 2.24) is 14.9 Å². The lowest BCUT2D eigenvalue weighted by atomic mass is 10.0. The smallest absolute Gasteiger partial charge is 0.247 e. The fourth-order valence-electron chi connectivity index (χ4n) is 4.38. The van der Waals surface area contributed by atoms with Crippen molar-refractivity contribution in [2.45, 2.75) is 58.1 Å². The Morgan fingerprint density at radius 1 is 1.09 bits per heavy atom. The number of likely N-dealkylation sites (tertiary alicyclic amines) is 1. The van der Waals surface area contributed by atoms with Crippen LogP contribution in [-0.4, -0.2) is 58.5 Å². The van der Waals surface area contributed by atoms with Crippen molar-refractivity contribution in [2.75, 3.05) is 29.9 Å². The maximum absolute atomic E-state index is 12.8. The van der Waals surface area contributed by atoms with Gasteiger partial charge in [0.15, 0.2) is 0 Å². The van der Waals surface area contributed by atoms with E-state index in [4.69, 9.17) is 16.3 Å². The van der Waals surface area contributed by atoms with Gasteiger partial charge in [0.25, 0.3) is 0 Å². The van der Waals surface area contributed by atoms with Crippen LogP contribution in [0.2, 0.25) is 5.02 Å². The molecule has 0 aliphatic carbocycles. The van der Waals surface area contributed by atoms with Crippen LogP contribution < -0.4 is 15.0 Å². The van der Waals surface area contributed by atoms with Crippen LogP contribution in [0.5, 0.6) is 5.75 Å². The summed E-state index contributed by atoms with van der Waals surface area (Å²) < 4.78 is 6.15. The van der Waals surface area contributed by atoms with Crippen LogP contribution >= 0.6 is 11.6 Å². The lowest BCUT2D eigenvalue weighted by Gasteiger charge is -2.34. The number of rotatable bonds is 5. The monoisotopic (exact) mass is 471 g/mol. The third-order valence-corrected chi connectivity index (χ3v) is 6.49. The van der Waals surface area contributed by atoms with Gasteiger partial charge in [-0.25, -0.2) is 9.97 Å². The molecule has 0 spiro atoms. The minimum atomic E-state index is -0.436. The van der Waals surface area contributed by atoms with Crippen LogP contribution in [0.15, 0.2) is 30.6 Å². The van der Waals surface area contributed by atoms with E-state index in [1.165, 1.54) is 6.92 Å². The van der Waals surface area contributed by atoms with Crippen LogP contribution in [0.25, 0.3) is 0 Å². The van der Waals surface area contributed by atoms with Crippen molar-refractivity contribution in [1.29, 1.82) is 0 Å². The fourth-order valence-corrected chi connectivity index (χ4v) is 4.61. The van der Waals surface area contributed by atoms with E-state index in [1.807, 2.05) is 19.3 Å². The summed E-state index contributed by atoms with van der Waals surface area (Å²) in [6, 6.07) is 4.84. The summed E-state index contributed by atoms with van der Waals surface area (Å²) in [5.41, 5.74) is 1.64. The van der Waals surface area contributed by atoms with Crippen LogP contribution in [0.4, 0.5) is 11.6 Å². The highest BCUT2D eigenvalue weighted by Crippen LogP contribution is 2.31. The Bertz CT molecular complexity index is 992. The minimum Gasteiger partial charge on any atom is -0.489 e. The Morgan fingerprint density at radius 3 is 2.48 bits per heavy atom. The molecule has 2 aliphatic rings. The summed E-state index contributed by atoms with van der Waals surface area (Å²) in [6.07, 6.45) is 7.93. The molecule has 33 heavy (non-hydrogen) atoms. The Labute approximate surface area is 199 Å². The van der Waals surface area contributed by atoms with Crippen LogP contribution in [0, 0.1) is 6.92 Å². The largest absolute Gasteiger partial charge is 0.489 e. The maximum atomic E-state index is 12.8. The summed E-state index contributed by atoms with van der Waals surface area (Å²) in [5, 5.41) is 3.35. The van der Waals surface area contributed by atoms with Crippen molar-refractivity contribution in [3.8, 4) is 5.75 Å². The van der Waals surface area contributed by atoms with Gasteiger partial charge in [-0.05, 0) is 49.9 Å². The van der Waals surface area contributed by atoms with Crippen LogP contribution in [0.1, 0.15) is 44.6 Å². The normalized spacial score (nSPS) is 19.3. The number of amides is 2. The van der Waals surface area contributed by atoms with Gasteiger partial charge in [0.2, 0.25) is 17.8 Å². The number of carbonyl (C=O) groups excluding carboxylic acids is 2. The van der Waals surface area contributed by atoms with Gasteiger partial charge in [-0.2, -0.15) is 0 Å². The molecule has 1 N–H and O–H groups in total. The molecule has 2 amide bonds. The lowest BCUT2D eigenvalue weighted by molar-refractivity contribution is -0.138. The maximum Gasteiger partial charge on any atom is 0.247 e. The van der Waals surface area contributed by atoms with Gasteiger partial charge in [-0.15, -0.1) is 0 Å². The Balaban J connectivity index is 1.32. The standard InChI is InChI=1S/C24H30ClN5O3/c1-16-14-26-24(27-15-16)29-11-8-19(9-12-29)33-22-7-6-18(13-20(22)25)28-23(32)21-5-3-4-10-30(21)17(2)31/h6-7,13-15,19,21H,3-5,8-12H2,1-2H3,(H,28,32). The number of hydrogen-bond acceptors (Lipinski definition) is 6. The lowest BCUT2D eigenvalue weighted by Crippen LogP contribution is -2.49. The van der Waals surface area contributed by atoms with Crippen molar-refractivity contribution in [2.24, 2.45) is 0 Å². The molecule has 2 aliphatic heterocycles. The van der Waals surface area contributed by atoms with E-state index >= 15 is 0 Å². The van der Waals surface area contributed by atoms with E-state index in [2.05, 4.69) is 20.2 Å². The number of aryl methyl sites for hydroxylation is 1. The second kappa shape index (κ2) is 10.4. The third-order valence-electron chi connectivity index (χ3n) is 6.20. The number of anilines is 2. The zero-order valence-electron chi connectivity index (χ0n) is 19.1. The van der Waals surface area contributed by atoms with Gasteiger partial charge in [-0.3, -0.25) is 9.59 Å². The Kier molecular flexibility index (Phi) is 7.33. The highest BCUT2D eigenvalue weighted by Gasteiger charge is 2.30. The molecule has 2 saturated heterocycles. The molecule has 2 aromatic rings. The predicted molar refractivity (Wildman–Crippen MR) is 128 cm³/mol. The highest BCUT2D eigenvalue weighted by molar-refractivity contribution is 6.32. The number of aromatic nitrogens is 2. The molecule has 1 aromatic carbocycles. The molecule has 0 radical (unpaired) electrons. The third kappa shape index (κ3) is 5.74. The fraction of sp³-hybridized carbons (Fsp3) is 0.500. The quantitative estimate of drug-likeness (QED) is 0.713. The first-order valence-electron chi connectivity index (χ1n) is 11.5. The number of ether oxygens (including phenoxy) is 1. The Hall–Kier alpha value is -2.87. The topological polar surface area (TPSA) is 87.7 Å². The minimum absolute atomic E-state index is 0.0519. The summed E-state index contributed by atoms with van der Waals surface area (Å²) in [4.78, 5) is 37.2. The molecule has 3 heterocycles. The van der Waals surface area contributed by atoms with Gasteiger partial charge in [0, 0.05) is 57.5 Å². The number of nitrogens with zero attached hydrogens (tertiary/aromatic N) is 4. The first-order chi connectivity index (χ1) is 15.9. The van der Waals surface area contributed by atoms with Gasteiger partial charge in [0.05, 0.1) is 5.02 Å². The summed E-state index contributed by atoms with van der Waals surface area (Å²) in [5.74, 6) is 1.10. The average molecular weight is 472 g/mol. The highest BCUT2D eigenvalue weighted by atomic mass is 35.5. The molecule has 176 valence electrons. The van der Waals surface area contributed by atoms with E-state index in [-0.39, 0.29) is 17.9 Å². The summed E-state index contributed by atoms with van der Waals surface area (Å²) >= 11 is 6.47. The summed E-state index contributed by atoms with van der Waals surface area (Å²) in [6.45, 7) is 5.73. The van der Waals surface area contributed by atoms with Crippen molar-refractivity contribution >= 4 is 35.1 Å². The second-order valence-corrected chi connectivity index (χ2v) is 9.13. The molecule has 8 nitrogen and oxygen atoms in total. The molecule has 4 rings (SSSR count). The second-order valence-electron chi connectivity index (χ2n) is 8.72. The molecule has 9 heteroatoms. The van der Waals surface area contributed by atoms with Gasteiger partial charge < -0.3 is 19.9 Å². The van der Waals surface area contributed by atoms with E-state index in [0.29, 0.717) is 29.4 Å². The van der Waals surface area contributed by atoms with E-state index in [9.17, 15) is 9.59 Å². The van der Waals surface area contributed by atoms with Gasteiger partial charge in [0.1, 0.15) is 17.9 Å². The molecule has 1 aromatic heterocycles. The summed E-state index contributed by atoms with van der Waals surface area (Å²) in [7, 11) is 0. The number of nitrogens with one attached hydrogen (secondary N) is 1. The molecule has 1 atom stereocenters. The molecular weight excluding hydrogens is 442 g/mol. The molecule has 0 bridgehead atoms. The van der Waals surface area contributed by atoms with E-state index in [1.54, 1.807) is 23.1 Å². The molecule has 1 unspecified atom stereocenters. The predicted octanol–water partition coefficient (Wildman–Crippen LogP) is 3.83. The van der Waals surface area contributed by atoms with E-state index in [0.717, 1.165) is 50.3 Å². The van der Waals surface area contributed by atoms with Crippen molar-refractivity contribution in [3.05, 3.63) is 41.2 Å². The molecular formula is C24H30ClN5O3. The average Bonchev–Trinajstić information content (AvgIpc) is 2.82. The number of piperidine rings is 2. The SMILES string of the molecule is CC(=O)N1CCCCC1C(=O)Nc1ccc(OC2CCN(c3ncc(C)cn3)CC2)c(Cl)c1. The molecule has 0 saturated carbocycles. The number of halogens is 1. The number of hydrogen-bond donors (Lipinski definition) is 1. The van der Waals surface area contributed by atoms with Crippen LogP contribution in [-0.2, 0) is 9.59 Å². The molecule has 2 fully saturated rings. The first kappa shape index (κ1) is 23.3. The van der Waals surface area contributed by atoms with Crippen LogP contribution in [0.3, 0.4) is 0 Å². The van der Waals surface area contributed by atoms with Gasteiger partial charge >= 0.3 is 0 Å². The zero-order chi connectivity index (χ0) is 23.4. The number of benzene rings is 1. The zero-order valence-corrected chi connectivity index (χ0v) is 19.8. The first-order valence-corrected chi connectivity index (χ1v) is 11.9. The number of carbonyl (C=O) groups is 2.